The number of nitrogens with one attached hydrogen (secondary N) is 1. The van der Waals surface area contributed by atoms with Crippen LogP contribution in [0.15, 0.2) is 22.6 Å². The molecule has 1 aliphatic carbocycles. The van der Waals surface area contributed by atoms with Gasteiger partial charge in [-0.3, -0.25) is 4.79 Å². The van der Waals surface area contributed by atoms with Crippen molar-refractivity contribution in [3.05, 3.63) is 29.5 Å². The van der Waals surface area contributed by atoms with E-state index in [1.165, 1.54) is 18.4 Å². The Balaban J connectivity index is 1.36. The van der Waals surface area contributed by atoms with Crippen LogP contribution >= 0.6 is 0 Å². The van der Waals surface area contributed by atoms with Crippen molar-refractivity contribution in [3.63, 3.8) is 0 Å². The Bertz CT molecular complexity index is 730. The van der Waals surface area contributed by atoms with Gasteiger partial charge in [-0.15, -0.1) is 0 Å². The Morgan fingerprint density at radius 1 is 1.25 bits per heavy atom. The first-order chi connectivity index (χ1) is 11.8. The number of furan rings is 1. The molecule has 4 rings (SSSR count). The van der Waals surface area contributed by atoms with E-state index in [0.29, 0.717) is 12.3 Å². The van der Waals surface area contributed by atoms with Gasteiger partial charge in [0.2, 0.25) is 0 Å². The summed E-state index contributed by atoms with van der Waals surface area (Å²) in [5.74, 6) is 1.71. The highest BCUT2D eigenvalue weighted by atomic mass is 16.5. The molecule has 0 radical (unpaired) electrons. The van der Waals surface area contributed by atoms with Crippen LogP contribution in [-0.4, -0.2) is 31.8 Å². The predicted molar refractivity (Wildman–Crippen MR) is 90.3 cm³/mol. The molecule has 0 saturated carbocycles. The first-order valence-corrected chi connectivity index (χ1v) is 8.85. The maximum absolute atomic E-state index is 11.9. The first kappa shape index (κ1) is 15.5. The van der Waals surface area contributed by atoms with Crippen LogP contribution in [0.5, 0.6) is 5.75 Å². The van der Waals surface area contributed by atoms with Gasteiger partial charge in [0.25, 0.3) is 5.91 Å². The molecular weight excluding hydrogens is 306 g/mol. The average Bonchev–Trinajstić information content (AvgIpc) is 3.25. The average molecular weight is 329 g/mol. The van der Waals surface area contributed by atoms with Crippen molar-refractivity contribution in [2.75, 3.05) is 19.8 Å². The van der Waals surface area contributed by atoms with Crippen LogP contribution in [0, 0.1) is 0 Å². The number of hydrogen-bond donors (Lipinski definition) is 1. The van der Waals surface area contributed by atoms with Crippen molar-refractivity contribution in [1.82, 2.24) is 5.32 Å². The second kappa shape index (κ2) is 6.85. The Kier molecular flexibility index (Phi) is 4.43. The maximum atomic E-state index is 11.9. The summed E-state index contributed by atoms with van der Waals surface area (Å²) in [6, 6.07) is 5.80. The van der Waals surface area contributed by atoms with Crippen molar-refractivity contribution in [2.24, 2.45) is 0 Å². The monoisotopic (exact) mass is 329 g/mol. The van der Waals surface area contributed by atoms with Gasteiger partial charge in [-0.05, 0) is 50.3 Å². The standard InChI is InChI=1S/C19H23NO4/c21-19(20-11-14-4-3-9-22-14)12-23-13-7-8-18-16(10-13)15-5-1-2-6-17(15)24-18/h7-8,10,14H,1-6,9,11-12H2,(H,20,21)/t14-/m1/s1. The van der Waals surface area contributed by atoms with Crippen LogP contribution in [0.4, 0.5) is 0 Å². The zero-order valence-corrected chi connectivity index (χ0v) is 13.8. The number of carbonyl (C=O) groups is 1. The van der Waals surface area contributed by atoms with E-state index in [2.05, 4.69) is 5.32 Å². The molecule has 2 aromatic rings. The Labute approximate surface area is 141 Å². The first-order valence-electron chi connectivity index (χ1n) is 8.85. The van der Waals surface area contributed by atoms with Crippen LogP contribution in [0.2, 0.25) is 0 Å². The summed E-state index contributed by atoms with van der Waals surface area (Å²) >= 11 is 0. The van der Waals surface area contributed by atoms with Crippen molar-refractivity contribution in [2.45, 2.75) is 44.6 Å². The van der Waals surface area contributed by atoms with Crippen molar-refractivity contribution >= 4 is 16.9 Å². The van der Waals surface area contributed by atoms with E-state index in [9.17, 15) is 4.79 Å². The zero-order chi connectivity index (χ0) is 16.4. The molecule has 24 heavy (non-hydrogen) atoms. The lowest BCUT2D eigenvalue weighted by Gasteiger charge is -2.11. The Hall–Kier alpha value is -2.01. The lowest BCUT2D eigenvalue weighted by molar-refractivity contribution is -0.123. The second-order valence-corrected chi connectivity index (χ2v) is 6.60. The SMILES string of the molecule is O=C(COc1ccc2oc3c(c2c1)CCCC3)NC[C@H]1CCCO1. The van der Waals surface area contributed by atoms with E-state index in [0.717, 1.165) is 49.0 Å². The van der Waals surface area contributed by atoms with Crippen LogP contribution in [0.1, 0.15) is 37.0 Å². The van der Waals surface area contributed by atoms with Crippen LogP contribution in [0.25, 0.3) is 11.0 Å². The van der Waals surface area contributed by atoms with Crippen LogP contribution < -0.4 is 10.1 Å². The van der Waals surface area contributed by atoms with Crippen LogP contribution in [-0.2, 0) is 22.4 Å². The molecule has 0 unspecified atom stereocenters. The molecule has 2 heterocycles. The minimum absolute atomic E-state index is 0.0261. The molecule has 0 bridgehead atoms. The number of hydrogen-bond acceptors (Lipinski definition) is 4. The number of carbonyl (C=O) groups excluding carboxylic acids is 1. The molecule has 1 fully saturated rings. The zero-order valence-electron chi connectivity index (χ0n) is 13.8. The highest BCUT2D eigenvalue weighted by Crippen LogP contribution is 2.33. The van der Waals surface area contributed by atoms with Gasteiger partial charge in [0.05, 0.1) is 6.10 Å². The lowest BCUT2D eigenvalue weighted by atomic mass is 9.96. The van der Waals surface area contributed by atoms with E-state index in [1.54, 1.807) is 0 Å². The molecule has 1 amide bonds. The number of rotatable bonds is 5. The summed E-state index contributed by atoms with van der Waals surface area (Å²) in [6.07, 6.45) is 6.73. The molecule has 1 N–H and O–H groups in total. The number of benzene rings is 1. The van der Waals surface area contributed by atoms with Gasteiger partial charge in [-0.2, -0.15) is 0 Å². The summed E-state index contributed by atoms with van der Waals surface area (Å²) in [7, 11) is 0. The maximum Gasteiger partial charge on any atom is 0.258 e. The number of amides is 1. The Morgan fingerprint density at radius 3 is 3.04 bits per heavy atom. The molecule has 1 aliphatic heterocycles. The van der Waals surface area contributed by atoms with Crippen LogP contribution in [0.3, 0.4) is 0 Å². The van der Waals surface area contributed by atoms with Gasteiger partial charge in [0.15, 0.2) is 6.61 Å². The van der Waals surface area contributed by atoms with E-state index >= 15 is 0 Å². The molecule has 128 valence electrons. The van der Waals surface area contributed by atoms with Gasteiger partial charge >= 0.3 is 0 Å². The van der Waals surface area contributed by atoms with E-state index in [4.69, 9.17) is 13.9 Å². The fraction of sp³-hybridized carbons (Fsp3) is 0.526. The third-order valence-corrected chi connectivity index (χ3v) is 4.85. The fourth-order valence-corrected chi connectivity index (χ4v) is 3.56. The topological polar surface area (TPSA) is 60.7 Å². The highest BCUT2D eigenvalue weighted by molar-refractivity contribution is 5.84. The minimum atomic E-state index is -0.111. The number of fused-ring (bicyclic) bond motifs is 3. The molecular formula is C19H23NO4. The largest absolute Gasteiger partial charge is 0.484 e. The third-order valence-electron chi connectivity index (χ3n) is 4.85. The number of aryl methyl sites for hydroxylation is 2. The van der Waals surface area contributed by atoms with E-state index in [1.807, 2.05) is 18.2 Å². The molecule has 5 nitrogen and oxygen atoms in total. The molecule has 1 atom stereocenters. The fourth-order valence-electron chi connectivity index (χ4n) is 3.56. The van der Waals surface area contributed by atoms with Gasteiger partial charge in [0.1, 0.15) is 17.1 Å². The van der Waals surface area contributed by atoms with Gasteiger partial charge in [-0.1, -0.05) is 0 Å². The smallest absolute Gasteiger partial charge is 0.258 e. The highest BCUT2D eigenvalue weighted by Gasteiger charge is 2.19. The van der Waals surface area contributed by atoms with Crippen molar-refractivity contribution < 1.29 is 18.7 Å². The minimum Gasteiger partial charge on any atom is -0.484 e. The molecule has 1 aromatic heterocycles. The predicted octanol–water partition coefficient (Wildman–Crippen LogP) is 2.99. The summed E-state index contributed by atoms with van der Waals surface area (Å²) in [4.78, 5) is 11.9. The third kappa shape index (κ3) is 3.26. The van der Waals surface area contributed by atoms with E-state index in [-0.39, 0.29) is 18.6 Å². The Morgan fingerprint density at radius 2 is 2.17 bits per heavy atom. The number of ether oxygens (including phenoxy) is 2. The second-order valence-electron chi connectivity index (χ2n) is 6.60. The van der Waals surface area contributed by atoms with Gasteiger partial charge < -0.3 is 19.2 Å². The van der Waals surface area contributed by atoms with E-state index < -0.39 is 0 Å². The quantitative estimate of drug-likeness (QED) is 0.916. The van der Waals surface area contributed by atoms with Crippen molar-refractivity contribution in [1.29, 1.82) is 0 Å². The lowest BCUT2D eigenvalue weighted by Crippen LogP contribution is -2.35. The summed E-state index contributed by atoms with van der Waals surface area (Å²) in [5, 5.41) is 4.00. The summed E-state index contributed by atoms with van der Waals surface area (Å²) in [6.45, 7) is 1.39. The normalized spacial score (nSPS) is 20.1. The molecule has 5 heteroatoms. The molecule has 2 aliphatic rings. The molecule has 1 saturated heterocycles. The molecule has 0 spiro atoms. The summed E-state index contributed by atoms with van der Waals surface area (Å²) < 4.78 is 17.1. The summed E-state index contributed by atoms with van der Waals surface area (Å²) in [5.41, 5.74) is 2.22. The molecule has 1 aromatic carbocycles. The van der Waals surface area contributed by atoms with Gasteiger partial charge in [-0.25, -0.2) is 0 Å². The van der Waals surface area contributed by atoms with Gasteiger partial charge in [0, 0.05) is 30.5 Å². The van der Waals surface area contributed by atoms with Crippen molar-refractivity contribution in [3.8, 4) is 5.75 Å².